The molecule has 1 nitrogen and oxygen atoms in total. The molecule has 1 aliphatic rings. The van der Waals surface area contributed by atoms with Gasteiger partial charge < -0.3 is 4.74 Å². The molecule has 94 valence electrons. The monoisotopic (exact) mass is 316 g/mol. The van der Waals surface area contributed by atoms with Crippen LogP contribution in [0.4, 0.5) is 0 Å². The maximum absolute atomic E-state index is 6.29. The van der Waals surface area contributed by atoms with Crippen LogP contribution < -0.4 is 4.74 Å². The van der Waals surface area contributed by atoms with Crippen molar-refractivity contribution in [1.29, 1.82) is 0 Å². The van der Waals surface area contributed by atoms with Crippen LogP contribution in [0.25, 0.3) is 0 Å². The molecule has 0 aromatic heterocycles. The summed E-state index contributed by atoms with van der Waals surface area (Å²) >= 11 is 9.84. The van der Waals surface area contributed by atoms with E-state index in [9.17, 15) is 0 Å². The van der Waals surface area contributed by atoms with Crippen molar-refractivity contribution in [2.45, 2.75) is 45.1 Å². The molecule has 0 aliphatic heterocycles. The zero-order valence-corrected chi connectivity index (χ0v) is 12.8. The molecule has 2 rings (SSSR count). The smallest absolute Gasteiger partial charge is 0.133 e. The van der Waals surface area contributed by atoms with Gasteiger partial charge >= 0.3 is 0 Å². The molecule has 3 unspecified atom stereocenters. The van der Waals surface area contributed by atoms with E-state index in [1.54, 1.807) is 0 Å². The number of hydrogen-bond donors (Lipinski definition) is 0. The number of rotatable bonds is 3. The molecule has 0 heterocycles. The predicted molar refractivity (Wildman–Crippen MR) is 76.0 cm³/mol. The van der Waals surface area contributed by atoms with Crippen molar-refractivity contribution in [2.24, 2.45) is 5.41 Å². The SMILES string of the molecule is CCC1(C)C(Cl)CC1Oc1ccc(C)cc1Br. The van der Waals surface area contributed by atoms with Gasteiger partial charge in [-0.05, 0) is 47.0 Å². The first-order chi connectivity index (χ1) is 7.97. The summed E-state index contributed by atoms with van der Waals surface area (Å²) in [5.74, 6) is 0.920. The van der Waals surface area contributed by atoms with Gasteiger partial charge in [-0.15, -0.1) is 11.6 Å². The summed E-state index contributed by atoms with van der Waals surface area (Å²) in [7, 11) is 0. The van der Waals surface area contributed by atoms with Crippen LogP contribution in [0.15, 0.2) is 22.7 Å². The van der Waals surface area contributed by atoms with Crippen molar-refractivity contribution in [1.82, 2.24) is 0 Å². The average Bonchev–Trinajstić information content (AvgIpc) is 2.30. The van der Waals surface area contributed by atoms with Gasteiger partial charge in [-0.3, -0.25) is 0 Å². The van der Waals surface area contributed by atoms with Crippen molar-refractivity contribution < 1.29 is 4.74 Å². The number of ether oxygens (including phenoxy) is 1. The van der Waals surface area contributed by atoms with E-state index < -0.39 is 0 Å². The van der Waals surface area contributed by atoms with Gasteiger partial charge in [0.15, 0.2) is 0 Å². The summed E-state index contributed by atoms with van der Waals surface area (Å²) < 4.78 is 7.10. The van der Waals surface area contributed by atoms with Gasteiger partial charge in [0.25, 0.3) is 0 Å². The summed E-state index contributed by atoms with van der Waals surface area (Å²) in [6.45, 7) is 6.46. The minimum Gasteiger partial charge on any atom is -0.489 e. The molecule has 1 aromatic rings. The lowest BCUT2D eigenvalue weighted by Crippen LogP contribution is -2.55. The number of hydrogen-bond acceptors (Lipinski definition) is 1. The third kappa shape index (κ3) is 2.34. The summed E-state index contributed by atoms with van der Waals surface area (Å²) in [6, 6.07) is 6.17. The molecular formula is C14H18BrClO. The molecule has 1 fully saturated rings. The third-order valence-electron chi connectivity index (χ3n) is 3.99. The lowest BCUT2D eigenvalue weighted by Gasteiger charge is -2.50. The predicted octanol–water partition coefficient (Wildman–Crippen LogP) is 4.93. The molecule has 1 aromatic carbocycles. The molecule has 0 spiro atoms. The Morgan fingerprint density at radius 2 is 2.24 bits per heavy atom. The van der Waals surface area contributed by atoms with Crippen LogP contribution >= 0.6 is 27.5 Å². The Labute approximate surface area is 117 Å². The van der Waals surface area contributed by atoms with Crippen LogP contribution in [0.1, 0.15) is 32.3 Å². The Hall–Kier alpha value is -0.210. The fourth-order valence-electron chi connectivity index (χ4n) is 2.25. The highest BCUT2D eigenvalue weighted by atomic mass is 79.9. The fraction of sp³-hybridized carbons (Fsp3) is 0.571. The molecular weight excluding hydrogens is 300 g/mol. The molecule has 3 atom stereocenters. The zero-order valence-electron chi connectivity index (χ0n) is 10.5. The highest BCUT2D eigenvalue weighted by Crippen LogP contribution is 2.49. The molecule has 0 radical (unpaired) electrons. The summed E-state index contributed by atoms with van der Waals surface area (Å²) in [5.41, 5.74) is 1.33. The second kappa shape index (κ2) is 4.81. The summed E-state index contributed by atoms with van der Waals surface area (Å²) in [5, 5.41) is 0.238. The first-order valence-electron chi connectivity index (χ1n) is 6.04. The lowest BCUT2D eigenvalue weighted by atomic mass is 9.65. The topological polar surface area (TPSA) is 9.23 Å². The van der Waals surface area contributed by atoms with Crippen LogP contribution in [0.2, 0.25) is 0 Å². The second-order valence-corrected chi connectivity index (χ2v) is 6.48. The largest absolute Gasteiger partial charge is 0.489 e. The Bertz CT molecular complexity index is 421. The van der Waals surface area contributed by atoms with Crippen LogP contribution in [0.3, 0.4) is 0 Å². The van der Waals surface area contributed by atoms with E-state index >= 15 is 0 Å². The van der Waals surface area contributed by atoms with Gasteiger partial charge in [0.1, 0.15) is 11.9 Å². The van der Waals surface area contributed by atoms with E-state index in [0.717, 1.165) is 23.1 Å². The molecule has 0 N–H and O–H groups in total. The van der Waals surface area contributed by atoms with Crippen LogP contribution in [0, 0.1) is 12.3 Å². The van der Waals surface area contributed by atoms with Crippen LogP contribution in [0.5, 0.6) is 5.75 Å². The highest BCUT2D eigenvalue weighted by molar-refractivity contribution is 9.10. The van der Waals surface area contributed by atoms with Crippen LogP contribution in [-0.4, -0.2) is 11.5 Å². The molecule has 1 aliphatic carbocycles. The quantitative estimate of drug-likeness (QED) is 0.718. The summed E-state index contributed by atoms with van der Waals surface area (Å²) in [4.78, 5) is 0. The molecule has 0 saturated heterocycles. The lowest BCUT2D eigenvalue weighted by molar-refractivity contribution is -0.0299. The van der Waals surface area contributed by atoms with Gasteiger partial charge in [0, 0.05) is 17.2 Å². The van der Waals surface area contributed by atoms with Crippen LogP contribution in [-0.2, 0) is 0 Å². The molecule has 0 amide bonds. The number of alkyl halides is 1. The third-order valence-corrected chi connectivity index (χ3v) is 5.29. The number of halogens is 2. The van der Waals surface area contributed by atoms with E-state index in [4.69, 9.17) is 16.3 Å². The van der Waals surface area contributed by atoms with E-state index in [2.05, 4.69) is 48.8 Å². The molecule has 17 heavy (non-hydrogen) atoms. The van der Waals surface area contributed by atoms with Gasteiger partial charge in [0.05, 0.1) is 4.47 Å². The van der Waals surface area contributed by atoms with Crippen molar-refractivity contribution in [3.05, 3.63) is 28.2 Å². The van der Waals surface area contributed by atoms with E-state index in [-0.39, 0.29) is 16.9 Å². The van der Waals surface area contributed by atoms with Gasteiger partial charge in [-0.25, -0.2) is 0 Å². The first-order valence-corrected chi connectivity index (χ1v) is 7.27. The Balaban J connectivity index is 2.12. The van der Waals surface area contributed by atoms with Crippen molar-refractivity contribution >= 4 is 27.5 Å². The van der Waals surface area contributed by atoms with E-state index in [0.29, 0.717) is 0 Å². The van der Waals surface area contributed by atoms with E-state index in [1.807, 2.05) is 6.07 Å². The Kier molecular flexibility index (Phi) is 3.74. The number of aryl methyl sites for hydroxylation is 1. The fourth-order valence-corrected chi connectivity index (χ4v) is 3.30. The molecule has 3 heteroatoms. The minimum absolute atomic E-state index is 0.103. The van der Waals surface area contributed by atoms with Gasteiger partial charge in [-0.1, -0.05) is 19.9 Å². The Morgan fingerprint density at radius 3 is 2.76 bits per heavy atom. The Morgan fingerprint density at radius 1 is 1.53 bits per heavy atom. The maximum Gasteiger partial charge on any atom is 0.133 e. The van der Waals surface area contributed by atoms with Crippen molar-refractivity contribution in [2.75, 3.05) is 0 Å². The van der Waals surface area contributed by atoms with Gasteiger partial charge in [-0.2, -0.15) is 0 Å². The van der Waals surface area contributed by atoms with Crippen molar-refractivity contribution in [3.8, 4) is 5.75 Å². The average molecular weight is 318 g/mol. The normalized spacial score (nSPS) is 32.1. The maximum atomic E-state index is 6.29. The standard InChI is InChI=1S/C14H18BrClO/c1-4-14(3)12(16)8-13(14)17-11-6-5-9(2)7-10(11)15/h5-7,12-13H,4,8H2,1-3H3. The number of benzene rings is 1. The molecule has 1 saturated carbocycles. The minimum atomic E-state index is 0.103. The molecule has 0 bridgehead atoms. The van der Waals surface area contributed by atoms with Gasteiger partial charge in [0.2, 0.25) is 0 Å². The first kappa shape index (κ1) is 13.2. The second-order valence-electron chi connectivity index (χ2n) is 5.10. The zero-order chi connectivity index (χ0) is 12.6. The van der Waals surface area contributed by atoms with Crippen molar-refractivity contribution in [3.63, 3.8) is 0 Å². The highest BCUT2D eigenvalue weighted by Gasteiger charge is 2.51. The summed E-state index contributed by atoms with van der Waals surface area (Å²) in [6.07, 6.45) is 2.22. The van der Waals surface area contributed by atoms with E-state index in [1.165, 1.54) is 5.56 Å².